The second-order valence-corrected chi connectivity index (χ2v) is 8.42. The number of amides is 1. The van der Waals surface area contributed by atoms with E-state index >= 15 is 0 Å². The molecule has 4 aromatic rings. The minimum absolute atomic E-state index is 0.183. The lowest BCUT2D eigenvalue weighted by molar-refractivity contribution is -0.705. The molecule has 4 rings (SSSR count). The van der Waals surface area contributed by atoms with Crippen molar-refractivity contribution in [2.75, 3.05) is 12.9 Å². The van der Waals surface area contributed by atoms with Crippen LogP contribution in [0.5, 0.6) is 11.5 Å². The number of hydrogen-bond donors (Lipinski definition) is 2. The van der Waals surface area contributed by atoms with Crippen molar-refractivity contribution in [3.63, 3.8) is 0 Å². The lowest BCUT2D eigenvalue weighted by Gasteiger charge is -2.11. The van der Waals surface area contributed by atoms with E-state index in [2.05, 4.69) is 33.1 Å². The first-order valence-electron chi connectivity index (χ1n) is 11.0. The summed E-state index contributed by atoms with van der Waals surface area (Å²) in [6.07, 6.45) is 1.58. The van der Waals surface area contributed by atoms with E-state index < -0.39 is 0 Å². The fourth-order valence-corrected chi connectivity index (χ4v) is 4.40. The molecule has 7 nitrogen and oxygen atoms in total. The molecule has 0 saturated heterocycles. The van der Waals surface area contributed by atoms with Gasteiger partial charge >= 0.3 is 5.16 Å². The second kappa shape index (κ2) is 11.4. The summed E-state index contributed by atoms with van der Waals surface area (Å²) in [5.74, 6) is 1.31. The van der Waals surface area contributed by atoms with Crippen molar-refractivity contribution in [1.29, 1.82) is 0 Å². The molecule has 1 aromatic heterocycles. The number of nitrogens with one attached hydrogen (secondary N) is 2. The van der Waals surface area contributed by atoms with Gasteiger partial charge in [-0.2, -0.15) is 5.10 Å². The van der Waals surface area contributed by atoms with E-state index in [1.807, 2.05) is 66.7 Å². The van der Waals surface area contributed by atoms with Gasteiger partial charge in [-0.3, -0.25) is 4.79 Å². The van der Waals surface area contributed by atoms with Crippen LogP contribution in [0.25, 0.3) is 11.0 Å². The van der Waals surface area contributed by atoms with Gasteiger partial charge in [-0.05, 0) is 60.1 Å². The Labute approximate surface area is 202 Å². The number of aromatic amines is 1. The van der Waals surface area contributed by atoms with Gasteiger partial charge in [0.15, 0.2) is 22.5 Å². The molecule has 174 valence electrons. The number of ether oxygens (including phenoxy) is 2. The zero-order chi connectivity index (χ0) is 23.8. The number of fused-ring (bicyclic) bond motifs is 1. The van der Waals surface area contributed by atoms with E-state index in [4.69, 9.17) is 9.47 Å². The molecule has 0 aliphatic rings. The average molecular weight is 476 g/mol. The number of rotatable bonds is 10. The number of aryl methyl sites for hydroxylation is 1. The molecule has 0 unspecified atom stereocenters. The van der Waals surface area contributed by atoms with E-state index in [9.17, 15) is 4.79 Å². The third-order valence-electron chi connectivity index (χ3n) is 5.17. The van der Waals surface area contributed by atoms with Crippen LogP contribution < -0.4 is 19.5 Å². The number of aromatic nitrogens is 2. The molecule has 0 spiro atoms. The summed E-state index contributed by atoms with van der Waals surface area (Å²) < 4.78 is 13.5. The number of para-hydroxylation sites is 2. The van der Waals surface area contributed by atoms with E-state index in [0.29, 0.717) is 18.1 Å². The zero-order valence-corrected chi connectivity index (χ0v) is 20.0. The minimum Gasteiger partial charge on any atom is -0.493 e. The largest absolute Gasteiger partial charge is 0.493 e. The molecule has 2 N–H and O–H groups in total. The monoisotopic (exact) mass is 475 g/mol. The highest BCUT2D eigenvalue weighted by Gasteiger charge is 2.18. The summed E-state index contributed by atoms with van der Waals surface area (Å²) in [4.78, 5) is 15.7. The van der Waals surface area contributed by atoms with E-state index in [-0.39, 0.29) is 11.7 Å². The van der Waals surface area contributed by atoms with Crippen LogP contribution in [0.3, 0.4) is 0 Å². The van der Waals surface area contributed by atoms with Crippen LogP contribution in [-0.4, -0.2) is 30.0 Å². The summed E-state index contributed by atoms with van der Waals surface area (Å²) in [7, 11) is 1.59. The van der Waals surface area contributed by atoms with Gasteiger partial charge < -0.3 is 9.47 Å². The SMILES string of the molecule is CC[n+]1c(SCC(=O)NN=Cc2ccc(OCc3ccccc3)c(OC)c2)[nH]c2ccccc21. The van der Waals surface area contributed by atoms with E-state index in [1.54, 1.807) is 13.3 Å². The Morgan fingerprint density at radius 3 is 2.68 bits per heavy atom. The van der Waals surface area contributed by atoms with Gasteiger partial charge in [0.2, 0.25) is 0 Å². The molecule has 3 aromatic carbocycles. The first-order chi connectivity index (χ1) is 16.7. The summed E-state index contributed by atoms with van der Waals surface area (Å²) in [5.41, 5.74) is 6.62. The average Bonchev–Trinajstić information content (AvgIpc) is 3.24. The molecule has 0 aliphatic carbocycles. The van der Waals surface area contributed by atoms with Crippen LogP contribution >= 0.6 is 11.8 Å². The highest BCUT2D eigenvalue weighted by molar-refractivity contribution is 7.99. The molecular formula is C26H27N4O3S+. The van der Waals surface area contributed by atoms with Crippen LogP contribution in [0.1, 0.15) is 18.1 Å². The number of benzene rings is 3. The summed E-state index contributed by atoms with van der Waals surface area (Å²) in [6.45, 7) is 3.35. The topological polar surface area (TPSA) is 79.6 Å². The highest BCUT2D eigenvalue weighted by Crippen LogP contribution is 2.28. The number of hydrazone groups is 1. The van der Waals surface area contributed by atoms with Crippen molar-refractivity contribution in [2.24, 2.45) is 5.10 Å². The third-order valence-corrected chi connectivity index (χ3v) is 6.17. The predicted molar refractivity (Wildman–Crippen MR) is 134 cm³/mol. The van der Waals surface area contributed by atoms with Gasteiger partial charge in [0.05, 0.1) is 25.6 Å². The quantitative estimate of drug-likeness (QED) is 0.155. The predicted octanol–water partition coefficient (Wildman–Crippen LogP) is 4.31. The molecule has 0 aliphatic heterocycles. The Bertz CT molecular complexity index is 1290. The molecule has 0 atom stereocenters. The second-order valence-electron chi connectivity index (χ2n) is 7.46. The number of thioether (sulfide) groups is 1. The van der Waals surface area contributed by atoms with Crippen LogP contribution in [-0.2, 0) is 17.9 Å². The van der Waals surface area contributed by atoms with Crippen molar-refractivity contribution in [3.8, 4) is 11.5 Å². The molecule has 0 radical (unpaired) electrons. The van der Waals surface area contributed by atoms with E-state index in [0.717, 1.165) is 33.9 Å². The van der Waals surface area contributed by atoms with Gasteiger partial charge in [0.1, 0.15) is 6.61 Å². The zero-order valence-electron chi connectivity index (χ0n) is 19.2. The van der Waals surface area contributed by atoms with Crippen molar-refractivity contribution in [1.82, 2.24) is 10.4 Å². The minimum atomic E-state index is -0.183. The lowest BCUT2D eigenvalue weighted by atomic mass is 10.2. The van der Waals surface area contributed by atoms with Gasteiger partial charge in [-0.15, -0.1) is 0 Å². The Morgan fingerprint density at radius 1 is 1.09 bits per heavy atom. The summed E-state index contributed by atoms with van der Waals surface area (Å²) >= 11 is 1.45. The highest BCUT2D eigenvalue weighted by atomic mass is 32.2. The lowest BCUT2D eigenvalue weighted by Crippen LogP contribution is -2.34. The Balaban J connectivity index is 1.31. The molecular weight excluding hydrogens is 448 g/mol. The third kappa shape index (κ3) is 5.77. The molecule has 0 fully saturated rings. The Hall–Kier alpha value is -3.78. The fourth-order valence-electron chi connectivity index (χ4n) is 3.50. The molecule has 0 saturated carbocycles. The normalized spacial score (nSPS) is 11.1. The Kier molecular flexibility index (Phi) is 7.83. The summed E-state index contributed by atoms with van der Waals surface area (Å²) in [6, 6.07) is 23.6. The van der Waals surface area contributed by atoms with Gasteiger partial charge in [0.25, 0.3) is 5.91 Å². The van der Waals surface area contributed by atoms with Crippen LogP contribution in [0, 0.1) is 0 Å². The Morgan fingerprint density at radius 2 is 1.88 bits per heavy atom. The molecule has 34 heavy (non-hydrogen) atoms. The first-order valence-corrected chi connectivity index (χ1v) is 12.0. The van der Waals surface area contributed by atoms with Crippen LogP contribution in [0.2, 0.25) is 0 Å². The van der Waals surface area contributed by atoms with Crippen LogP contribution in [0.15, 0.2) is 83.1 Å². The number of methoxy groups -OCH3 is 1. The number of carbonyl (C=O) groups excluding carboxylic acids is 1. The smallest absolute Gasteiger partial charge is 0.317 e. The maximum Gasteiger partial charge on any atom is 0.317 e. The number of carbonyl (C=O) groups is 1. The number of hydrogen-bond acceptors (Lipinski definition) is 5. The summed E-state index contributed by atoms with van der Waals surface area (Å²) in [5, 5.41) is 5.03. The van der Waals surface area contributed by atoms with E-state index in [1.165, 1.54) is 11.8 Å². The molecule has 1 amide bonds. The van der Waals surface area contributed by atoms with Crippen molar-refractivity contribution < 1.29 is 18.8 Å². The number of imidazole rings is 1. The standard InChI is InChI=1S/C26H26N4O3S/c1-3-30-22-12-8-7-11-21(22)28-26(30)34-18-25(31)29-27-16-20-13-14-23(24(15-20)32-2)33-17-19-9-5-4-6-10-19/h4-16H,3,17-18H2,1-2H3,(H,29,31)/p+1. The van der Waals surface area contributed by atoms with Gasteiger partial charge in [0, 0.05) is 0 Å². The van der Waals surface area contributed by atoms with Crippen molar-refractivity contribution in [3.05, 3.63) is 83.9 Å². The molecule has 8 heteroatoms. The number of H-pyrrole nitrogens is 1. The maximum absolute atomic E-state index is 12.3. The maximum atomic E-state index is 12.3. The molecule has 1 heterocycles. The van der Waals surface area contributed by atoms with Gasteiger partial charge in [-0.1, -0.05) is 42.5 Å². The molecule has 0 bridgehead atoms. The van der Waals surface area contributed by atoms with Crippen molar-refractivity contribution >= 4 is 34.9 Å². The van der Waals surface area contributed by atoms with Gasteiger partial charge in [-0.25, -0.2) is 15.0 Å². The number of nitrogens with zero attached hydrogens (tertiary/aromatic N) is 2. The van der Waals surface area contributed by atoms with Crippen molar-refractivity contribution in [2.45, 2.75) is 25.2 Å². The fraction of sp³-hybridized carbons (Fsp3) is 0.192. The van der Waals surface area contributed by atoms with Crippen LogP contribution in [0.4, 0.5) is 0 Å². The first kappa shape index (κ1) is 23.4.